The Bertz CT molecular complexity index is 851. The maximum Gasteiger partial charge on any atom is 0.319 e. The van der Waals surface area contributed by atoms with Crippen LogP contribution >= 0.6 is 11.8 Å². The van der Waals surface area contributed by atoms with E-state index in [2.05, 4.69) is 22.8 Å². The number of anilines is 1. The van der Waals surface area contributed by atoms with Gasteiger partial charge in [-0.15, -0.1) is 0 Å². The van der Waals surface area contributed by atoms with Gasteiger partial charge in [-0.2, -0.15) is 0 Å². The Hall–Kier alpha value is -2.70. The lowest BCUT2D eigenvalue weighted by molar-refractivity contribution is 0.149. The molecule has 1 unspecified atom stereocenters. The molecule has 134 valence electrons. The van der Waals surface area contributed by atoms with Gasteiger partial charge in [0.15, 0.2) is 0 Å². The van der Waals surface area contributed by atoms with Crippen molar-refractivity contribution in [2.75, 3.05) is 11.9 Å². The second kappa shape index (κ2) is 8.60. The predicted molar refractivity (Wildman–Crippen MR) is 102 cm³/mol. The number of amides is 2. The Balaban J connectivity index is 1.55. The first-order valence-corrected chi connectivity index (χ1v) is 9.03. The van der Waals surface area contributed by atoms with E-state index in [9.17, 15) is 9.90 Å². The SMILES string of the molecule is Cc1cc(Sc2ccccc2)ccc1NC(=O)NCC(O)c1ccco1. The molecule has 1 heterocycles. The quantitative estimate of drug-likeness (QED) is 0.595. The summed E-state index contributed by atoms with van der Waals surface area (Å²) in [5, 5.41) is 15.4. The first kappa shape index (κ1) is 18.1. The number of aliphatic hydroxyl groups is 1. The number of furan rings is 1. The molecule has 26 heavy (non-hydrogen) atoms. The highest BCUT2D eigenvalue weighted by Gasteiger charge is 2.12. The van der Waals surface area contributed by atoms with E-state index in [1.807, 2.05) is 43.3 Å². The predicted octanol–water partition coefficient (Wildman–Crippen LogP) is 4.59. The Kier molecular flexibility index (Phi) is 5.99. The van der Waals surface area contributed by atoms with Crippen LogP contribution in [0, 0.1) is 6.92 Å². The average Bonchev–Trinajstić information content (AvgIpc) is 3.18. The van der Waals surface area contributed by atoms with Crippen LogP contribution in [0.2, 0.25) is 0 Å². The highest BCUT2D eigenvalue weighted by atomic mass is 32.2. The molecule has 0 radical (unpaired) electrons. The molecule has 0 aliphatic carbocycles. The second-order valence-corrected chi connectivity index (χ2v) is 6.91. The van der Waals surface area contributed by atoms with E-state index < -0.39 is 6.10 Å². The van der Waals surface area contributed by atoms with Crippen molar-refractivity contribution in [3.05, 3.63) is 78.3 Å². The third kappa shape index (κ3) is 4.91. The molecule has 2 amide bonds. The van der Waals surface area contributed by atoms with Crippen molar-refractivity contribution in [3.63, 3.8) is 0 Å². The first-order valence-electron chi connectivity index (χ1n) is 8.21. The maximum atomic E-state index is 12.0. The molecule has 5 nitrogen and oxygen atoms in total. The van der Waals surface area contributed by atoms with Crippen LogP contribution in [-0.4, -0.2) is 17.7 Å². The molecular weight excluding hydrogens is 348 g/mol. The number of urea groups is 1. The van der Waals surface area contributed by atoms with Gasteiger partial charge in [-0.1, -0.05) is 30.0 Å². The molecule has 3 aromatic rings. The zero-order valence-electron chi connectivity index (χ0n) is 14.3. The average molecular weight is 368 g/mol. The number of aliphatic hydroxyl groups excluding tert-OH is 1. The van der Waals surface area contributed by atoms with Gasteiger partial charge in [0, 0.05) is 15.5 Å². The van der Waals surface area contributed by atoms with E-state index in [4.69, 9.17) is 4.42 Å². The summed E-state index contributed by atoms with van der Waals surface area (Å²) in [7, 11) is 0. The summed E-state index contributed by atoms with van der Waals surface area (Å²) in [5.41, 5.74) is 1.69. The number of carbonyl (C=O) groups is 1. The molecular formula is C20H20N2O3S. The van der Waals surface area contributed by atoms with E-state index in [0.29, 0.717) is 5.76 Å². The Morgan fingerprint density at radius 2 is 1.92 bits per heavy atom. The van der Waals surface area contributed by atoms with Crippen molar-refractivity contribution in [2.24, 2.45) is 0 Å². The Morgan fingerprint density at radius 3 is 2.62 bits per heavy atom. The summed E-state index contributed by atoms with van der Waals surface area (Å²) in [4.78, 5) is 14.3. The maximum absolute atomic E-state index is 12.0. The standard InChI is InChI=1S/C20H20N2O3S/c1-14-12-16(26-15-6-3-2-4-7-15)9-10-17(14)22-20(24)21-13-18(23)19-8-5-11-25-19/h2-12,18,23H,13H2,1H3,(H2,21,22,24). The summed E-state index contributed by atoms with van der Waals surface area (Å²) < 4.78 is 5.10. The highest BCUT2D eigenvalue weighted by Crippen LogP contribution is 2.30. The molecule has 0 bridgehead atoms. The van der Waals surface area contributed by atoms with Gasteiger partial charge in [-0.25, -0.2) is 4.79 Å². The van der Waals surface area contributed by atoms with Crippen LogP contribution in [0.4, 0.5) is 10.5 Å². The van der Waals surface area contributed by atoms with Crippen LogP contribution in [0.15, 0.2) is 81.1 Å². The lowest BCUT2D eigenvalue weighted by atomic mass is 10.2. The number of hydrogen-bond acceptors (Lipinski definition) is 4. The lowest BCUT2D eigenvalue weighted by Crippen LogP contribution is -2.32. The highest BCUT2D eigenvalue weighted by molar-refractivity contribution is 7.99. The van der Waals surface area contributed by atoms with Crippen molar-refractivity contribution in [3.8, 4) is 0 Å². The summed E-state index contributed by atoms with van der Waals surface area (Å²) in [6.45, 7) is 2.02. The number of nitrogens with one attached hydrogen (secondary N) is 2. The van der Waals surface area contributed by atoms with Crippen LogP contribution in [0.25, 0.3) is 0 Å². The summed E-state index contributed by atoms with van der Waals surface area (Å²) in [5.74, 6) is 0.420. The number of aryl methyl sites for hydroxylation is 1. The third-order valence-corrected chi connectivity index (χ3v) is 4.75. The van der Waals surface area contributed by atoms with Crippen molar-refractivity contribution in [1.29, 1.82) is 0 Å². The summed E-state index contributed by atoms with van der Waals surface area (Å²) >= 11 is 1.67. The van der Waals surface area contributed by atoms with Crippen LogP contribution in [0.5, 0.6) is 0 Å². The molecule has 0 aliphatic heterocycles. The van der Waals surface area contributed by atoms with Gasteiger partial charge < -0.3 is 20.2 Å². The van der Waals surface area contributed by atoms with Crippen LogP contribution in [0.1, 0.15) is 17.4 Å². The van der Waals surface area contributed by atoms with Crippen LogP contribution in [-0.2, 0) is 0 Å². The fourth-order valence-electron chi connectivity index (χ4n) is 2.40. The third-order valence-electron chi connectivity index (χ3n) is 3.75. The summed E-state index contributed by atoms with van der Waals surface area (Å²) in [6.07, 6.45) is 0.610. The molecule has 1 aromatic heterocycles. The van der Waals surface area contributed by atoms with Crippen LogP contribution in [0.3, 0.4) is 0 Å². The molecule has 3 N–H and O–H groups in total. The topological polar surface area (TPSA) is 74.5 Å². The molecule has 2 aromatic carbocycles. The number of rotatable bonds is 6. The van der Waals surface area contributed by atoms with Gasteiger partial charge in [-0.3, -0.25) is 0 Å². The largest absolute Gasteiger partial charge is 0.467 e. The van der Waals surface area contributed by atoms with E-state index in [1.165, 1.54) is 6.26 Å². The number of hydrogen-bond donors (Lipinski definition) is 3. The minimum atomic E-state index is -0.874. The van der Waals surface area contributed by atoms with Crippen molar-refractivity contribution >= 4 is 23.5 Å². The molecule has 0 saturated carbocycles. The molecule has 0 aliphatic rings. The van der Waals surface area contributed by atoms with Gasteiger partial charge in [-0.05, 0) is 55.0 Å². The Morgan fingerprint density at radius 1 is 1.12 bits per heavy atom. The fourth-order valence-corrected chi connectivity index (χ4v) is 3.34. The van der Waals surface area contributed by atoms with Gasteiger partial charge >= 0.3 is 6.03 Å². The van der Waals surface area contributed by atoms with E-state index >= 15 is 0 Å². The molecule has 6 heteroatoms. The number of carbonyl (C=O) groups excluding carboxylic acids is 1. The monoisotopic (exact) mass is 368 g/mol. The minimum Gasteiger partial charge on any atom is -0.467 e. The number of benzene rings is 2. The minimum absolute atomic E-state index is 0.0698. The fraction of sp³-hybridized carbons (Fsp3) is 0.150. The van der Waals surface area contributed by atoms with Crippen molar-refractivity contribution < 1.29 is 14.3 Å². The molecule has 1 atom stereocenters. The zero-order chi connectivity index (χ0) is 18.4. The van der Waals surface area contributed by atoms with E-state index in [0.717, 1.165) is 21.0 Å². The first-order chi connectivity index (χ1) is 12.6. The molecule has 0 spiro atoms. The Labute approximate surface area is 156 Å². The van der Waals surface area contributed by atoms with Gasteiger partial charge in [0.05, 0.1) is 12.8 Å². The second-order valence-electron chi connectivity index (χ2n) is 5.76. The zero-order valence-corrected chi connectivity index (χ0v) is 15.1. The van der Waals surface area contributed by atoms with Crippen molar-refractivity contribution in [2.45, 2.75) is 22.8 Å². The molecule has 0 saturated heterocycles. The molecule has 3 rings (SSSR count). The van der Waals surface area contributed by atoms with Gasteiger partial charge in [0.25, 0.3) is 0 Å². The van der Waals surface area contributed by atoms with Crippen LogP contribution < -0.4 is 10.6 Å². The van der Waals surface area contributed by atoms with E-state index in [1.54, 1.807) is 23.9 Å². The van der Waals surface area contributed by atoms with E-state index in [-0.39, 0.29) is 12.6 Å². The van der Waals surface area contributed by atoms with Gasteiger partial charge in [0.1, 0.15) is 11.9 Å². The summed E-state index contributed by atoms with van der Waals surface area (Å²) in [6, 6.07) is 19.0. The normalized spacial score (nSPS) is 11.8. The van der Waals surface area contributed by atoms with Gasteiger partial charge in [0.2, 0.25) is 0 Å². The molecule has 0 fully saturated rings. The smallest absolute Gasteiger partial charge is 0.319 e. The van der Waals surface area contributed by atoms with Crippen molar-refractivity contribution in [1.82, 2.24) is 5.32 Å². The lowest BCUT2D eigenvalue weighted by Gasteiger charge is -2.13.